The second-order valence-corrected chi connectivity index (χ2v) is 6.61. The molecule has 0 bridgehead atoms. The maximum Gasteiger partial charge on any atom is 0.416 e. The number of carbonyl (C=O) groups excluding carboxylic acids is 1. The second kappa shape index (κ2) is 6.51. The van der Waals surface area contributed by atoms with Crippen molar-refractivity contribution < 1.29 is 18.0 Å². The fourth-order valence-electron chi connectivity index (χ4n) is 3.08. The molecule has 23 heavy (non-hydrogen) atoms. The molecular formula is C17H23F3N2O. The molecule has 128 valence electrons. The van der Waals surface area contributed by atoms with E-state index in [-0.39, 0.29) is 11.3 Å². The monoisotopic (exact) mass is 328 g/mol. The topological polar surface area (TPSA) is 46.3 Å². The van der Waals surface area contributed by atoms with E-state index in [1.165, 1.54) is 6.07 Å². The predicted octanol–water partition coefficient (Wildman–Crippen LogP) is 3.40. The van der Waals surface area contributed by atoms with Gasteiger partial charge in [0.05, 0.1) is 11.5 Å². The SMILES string of the molecule is CCC(C(=O)N1CCC(C)(CN)C1)c1cccc(C(F)(F)F)c1. The first-order valence-electron chi connectivity index (χ1n) is 7.86. The van der Waals surface area contributed by atoms with Crippen molar-refractivity contribution in [1.29, 1.82) is 0 Å². The Balaban J connectivity index is 2.22. The van der Waals surface area contributed by atoms with E-state index in [0.717, 1.165) is 18.6 Å². The molecule has 1 fully saturated rings. The number of nitrogens with two attached hydrogens (primary N) is 1. The molecule has 2 rings (SSSR count). The minimum atomic E-state index is -4.40. The van der Waals surface area contributed by atoms with Crippen LogP contribution in [0.25, 0.3) is 0 Å². The molecule has 1 aromatic carbocycles. The number of carbonyl (C=O) groups is 1. The number of likely N-dealkylation sites (tertiary alicyclic amines) is 1. The number of nitrogens with zero attached hydrogens (tertiary/aromatic N) is 1. The molecule has 2 atom stereocenters. The summed E-state index contributed by atoms with van der Waals surface area (Å²) < 4.78 is 38.6. The number of hydrogen-bond acceptors (Lipinski definition) is 2. The Morgan fingerprint density at radius 2 is 2.13 bits per heavy atom. The largest absolute Gasteiger partial charge is 0.416 e. The molecule has 6 heteroatoms. The summed E-state index contributed by atoms with van der Waals surface area (Å²) in [5, 5.41) is 0. The van der Waals surface area contributed by atoms with E-state index in [9.17, 15) is 18.0 Å². The Kier molecular flexibility index (Phi) is 5.04. The quantitative estimate of drug-likeness (QED) is 0.921. The van der Waals surface area contributed by atoms with Crippen LogP contribution in [0.2, 0.25) is 0 Å². The first-order chi connectivity index (χ1) is 10.7. The smallest absolute Gasteiger partial charge is 0.342 e. The number of benzene rings is 1. The van der Waals surface area contributed by atoms with Gasteiger partial charge < -0.3 is 10.6 Å². The van der Waals surface area contributed by atoms with Crippen molar-refractivity contribution in [3.8, 4) is 0 Å². The van der Waals surface area contributed by atoms with Crippen LogP contribution >= 0.6 is 0 Å². The van der Waals surface area contributed by atoms with E-state index in [1.807, 2.05) is 13.8 Å². The van der Waals surface area contributed by atoms with Crippen molar-refractivity contribution in [1.82, 2.24) is 4.90 Å². The van der Waals surface area contributed by atoms with Crippen LogP contribution in [-0.2, 0) is 11.0 Å². The third kappa shape index (κ3) is 3.86. The van der Waals surface area contributed by atoms with Gasteiger partial charge in [-0.2, -0.15) is 13.2 Å². The van der Waals surface area contributed by atoms with Gasteiger partial charge in [0.25, 0.3) is 0 Å². The van der Waals surface area contributed by atoms with E-state index in [2.05, 4.69) is 0 Å². The highest BCUT2D eigenvalue weighted by molar-refractivity contribution is 5.84. The van der Waals surface area contributed by atoms with Crippen LogP contribution in [-0.4, -0.2) is 30.4 Å². The molecule has 3 nitrogen and oxygen atoms in total. The van der Waals surface area contributed by atoms with Gasteiger partial charge in [0.1, 0.15) is 0 Å². The van der Waals surface area contributed by atoms with Crippen LogP contribution in [0, 0.1) is 5.41 Å². The lowest BCUT2D eigenvalue weighted by Crippen LogP contribution is -2.37. The Morgan fingerprint density at radius 3 is 2.65 bits per heavy atom. The highest BCUT2D eigenvalue weighted by Gasteiger charge is 2.38. The first-order valence-corrected chi connectivity index (χ1v) is 7.86. The molecule has 0 aromatic heterocycles. The van der Waals surface area contributed by atoms with Gasteiger partial charge in [-0.05, 0) is 36.4 Å². The third-order valence-corrected chi connectivity index (χ3v) is 4.68. The summed E-state index contributed by atoms with van der Waals surface area (Å²) in [6.45, 7) is 5.53. The molecule has 2 N–H and O–H groups in total. The van der Waals surface area contributed by atoms with Crippen molar-refractivity contribution in [2.45, 2.75) is 38.8 Å². The van der Waals surface area contributed by atoms with Crippen LogP contribution in [0.5, 0.6) is 0 Å². The average molecular weight is 328 g/mol. The van der Waals surface area contributed by atoms with E-state index >= 15 is 0 Å². The molecule has 1 heterocycles. The van der Waals surface area contributed by atoms with Gasteiger partial charge in [-0.1, -0.05) is 32.0 Å². The molecule has 0 spiro atoms. The van der Waals surface area contributed by atoms with Crippen molar-refractivity contribution in [2.24, 2.45) is 11.1 Å². The van der Waals surface area contributed by atoms with Crippen molar-refractivity contribution >= 4 is 5.91 Å². The summed E-state index contributed by atoms with van der Waals surface area (Å²) in [7, 11) is 0. The molecule has 0 aliphatic carbocycles. The normalized spacial score (nSPS) is 23.1. The Labute approximate surface area is 134 Å². The number of halogens is 3. The fraction of sp³-hybridized carbons (Fsp3) is 0.588. The summed E-state index contributed by atoms with van der Waals surface area (Å²) in [6, 6.07) is 5.08. The minimum absolute atomic E-state index is 0.0955. The lowest BCUT2D eigenvalue weighted by Gasteiger charge is -2.26. The summed E-state index contributed by atoms with van der Waals surface area (Å²) >= 11 is 0. The zero-order valence-electron chi connectivity index (χ0n) is 13.5. The number of alkyl halides is 3. The first kappa shape index (κ1) is 17.8. The Morgan fingerprint density at radius 1 is 1.43 bits per heavy atom. The van der Waals surface area contributed by atoms with E-state index in [4.69, 9.17) is 5.73 Å². The highest BCUT2D eigenvalue weighted by Crippen LogP contribution is 2.34. The maximum atomic E-state index is 12.9. The summed E-state index contributed by atoms with van der Waals surface area (Å²) in [5.41, 5.74) is 5.37. The second-order valence-electron chi connectivity index (χ2n) is 6.61. The third-order valence-electron chi connectivity index (χ3n) is 4.68. The van der Waals surface area contributed by atoms with Crippen molar-refractivity contribution in [3.63, 3.8) is 0 Å². The summed E-state index contributed by atoms with van der Waals surface area (Å²) in [4.78, 5) is 14.5. The standard InChI is InChI=1S/C17H23F3N2O/c1-3-14(12-5-4-6-13(9-12)17(18,19)20)15(23)22-8-7-16(2,10-21)11-22/h4-6,9,14H,3,7-8,10-11,21H2,1-2H3. The molecule has 0 saturated carbocycles. The molecule has 1 aliphatic heterocycles. The predicted molar refractivity (Wildman–Crippen MR) is 82.8 cm³/mol. The van der Waals surface area contributed by atoms with Crippen LogP contribution in [0.4, 0.5) is 13.2 Å². The van der Waals surface area contributed by atoms with Gasteiger partial charge in [-0.15, -0.1) is 0 Å². The van der Waals surface area contributed by atoms with Crippen LogP contribution in [0.3, 0.4) is 0 Å². The van der Waals surface area contributed by atoms with Gasteiger partial charge in [0.15, 0.2) is 0 Å². The van der Waals surface area contributed by atoms with Crippen molar-refractivity contribution in [2.75, 3.05) is 19.6 Å². The molecule has 0 radical (unpaired) electrons. The zero-order chi connectivity index (χ0) is 17.3. The summed E-state index contributed by atoms with van der Waals surface area (Å²) in [5.74, 6) is -0.651. The fourth-order valence-corrected chi connectivity index (χ4v) is 3.08. The molecule has 1 aromatic rings. The summed E-state index contributed by atoms with van der Waals surface area (Å²) in [6.07, 6.45) is -3.10. The van der Waals surface area contributed by atoms with E-state index in [0.29, 0.717) is 31.6 Å². The van der Waals surface area contributed by atoms with Crippen LogP contribution in [0.15, 0.2) is 24.3 Å². The molecule has 1 aliphatic rings. The van der Waals surface area contributed by atoms with Gasteiger partial charge in [0.2, 0.25) is 5.91 Å². The van der Waals surface area contributed by atoms with Gasteiger partial charge >= 0.3 is 6.18 Å². The van der Waals surface area contributed by atoms with Crippen molar-refractivity contribution in [3.05, 3.63) is 35.4 Å². The zero-order valence-corrected chi connectivity index (χ0v) is 13.5. The molecule has 1 amide bonds. The lowest BCUT2D eigenvalue weighted by molar-refractivity contribution is -0.138. The Bertz CT molecular complexity index is 573. The average Bonchev–Trinajstić information content (AvgIpc) is 2.91. The highest BCUT2D eigenvalue weighted by atomic mass is 19.4. The molecule has 1 saturated heterocycles. The van der Waals surface area contributed by atoms with Gasteiger partial charge in [0, 0.05) is 13.1 Å². The molecular weight excluding hydrogens is 305 g/mol. The molecule has 2 unspecified atom stereocenters. The van der Waals surface area contributed by atoms with Crippen LogP contribution in [0.1, 0.15) is 43.7 Å². The minimum Gasteiger partial charge on any atom is -0.342 e. The van der Waals surface area contributed by atoms with Gasteiger partial charge in [-0.3, -0.25) is 4.79 Å². The lowest BCUT2D eigenvalue weighted by atomic mass is 9.90. The van der Waals surface area contributed by atoms with Crippen LogP contribution < -0.4 is 5.73 Å². The Hall–Kier alpha value is -1.56. The van der Waals surface area contributed by atoms with E-state index in [1.54, 1.807) is 11.0 Å². The number of hydrogen-bond donors (Lipinski definition) is 1. The number of amides is 1. The van der Waals surface area contributed by atoms with Gasteiger partial charge in [-0.25, -0.2) is 0 Å². The maximum absolute atomic E-state index is 12.9. The number of rotatable bonds is 4. The van der Waals surface area contributed by atoms with E-state index < -0.39 is 17.7 Å².